The molecule has 0 spiro atoms. The second-order valence-electron chi connectivity index (χ2n) is 8.64. The highest BCUT2D eigenvalue weighted by atomic mass is 127. The second-order valence-corrected chi connectivity index (χ2v) is 8.64. The van der Waals surface area contributed by atoms with Gasteiger partial charge < -0.3 is 24.0 Å². The smallest absolute Gasteiger partial charge is 0.258 e. The van der Waals surface area contributed by atoms with Crippen LogP contribution in [0.2, 0.25) is 0 Å². The number of aryl methyl sites for hydroxylation is 1. The highest BCUT2D eigenvalue weighted by Gasteiger charge is 2.47. The lowest BCUT2D eigenvalue weighted by molar-refractivity contribution is -0.729. The molecule has 1 heterocycles. The molecule has 2 atom stereocenters. The minimum absolute atomic E-state index is 0. The van der Waals surface area contributed by atoms with Gasteiger partial charge in [-0.1, -0.05) is 74.5 Å². The Balaban J connectivity index is 0.00000256. The van der Waals surface area contributed by atoms with Gasteiger partial charge in [-0.3, -0.25) is 0 Å². The summed E-state index contributed by atoms with van der Waals surface area (Å²) < 4.78 is 4.70. The maximum atomic E-state index is 10.6. The van der Waals surface area contributed by atoms with E-state index in [2.05, 4.69) is 97.0 Å². The SMILES string of the molecule is CC(C)c1n(C)cc[n+]1[C@H]1CC[C@@H](C(C#N)(c2ccccc2)c2ccccc2)C1.[I-]. The molecule has 0 amide bonds. The zero-order valence-electron chi connectivity index (χ0n) is 18.0. The molecule has 0 unspecified atom stereocenters. The zero-order chi connectivity index (χ0) is 20.4. The van der Waals surface area contributed by atoms with Gasteiger partial charge in [0.25, 0.3) is 5.82 Å². The van der Waals surface area contributed by atoms with E-state index in [1.807, 2.05) is 12.1 Å². The number of benzene rings is 2. The van der Waals surface area contributed by atoms with Crippen molar-refractivity contribution in [2.24, 2.45) is 13.0 Å². The number of rotatable bonds is 5. The van der Waals surface area contributed by atoms with Crippen LogP contribution in [0.4, 0.5) is 0 Å². The molecule has 2 aromatic carbocycles. The van der Waals surface area contributed by atoms with E-state index in [1.165, 1.54) is 5.82 Å². The summed E-state index contributed by atoms with van der Waals surface area (Å²) in [4.78, 5) is 0. The third-order valence-electron chi connectivity index (χ3n) is 6.64. The number of imidazole rings is 1. The Kier molecular flexibility index (Phi) is 7.02. The first kappa shape index (κ1) is 22.6. The van der Waals surface area contributed by atoms with Crippen molar-refractivity contribution in [2.45, 2.75) is 50.5 Å². The normalized spacial score (nSPS) is 18.8. The molecular weight excluding hydrogens is 481 g/mol. The third kappa shape index (κ3) is 3.80. The van der Waals surface area contributed by atoms with Gasteiger partial charge in [0.05, 0.1) is 19.0 Å². The Morgan fingerprint density at radius 1 is 1.00 bits per heavy atom. The molecule has 4 rings (SSSR count). The Bertz CT molecular complexity index is 962. The zero-order valence-corrected chi connectivity index (χ0v) is 20.2. The van der Waals surface area contributed by atoms with E-state index >= 15 is 0 Å². The van der Waals surface area contributed by atoms with E-state index in [0.717, 1.165) is 30.4 Å². The first-order valence-corrected chi connectivity index (χ1v) is 10.7. The van der Waals surface area contributed by atoms with Crippen molar-refractivity contribution >= 4 is 0 Å². The highest BCUT2D eigenvalue weighted by Crippen LogP contribution is 2.48. The van der Waals surface area contributed by atoms with E-state index in [1.54, 1.807) is 0 Å². The first-order chi connectivity index (χ1) is 14.1. The van der Waals surface area contributed by atoms with Crippen molar-refractivity contribution in [3.63, 3.8) is 0 Å². The molecule has 4 heteroatoms. The molecule has 1 aliphatic carbocycles. The Hall–Kier alpha value is -2.13. The lowest BCUT2D eigenvalue weighted by Crippen LogP contribution is -3.00. The van der Waals surface area contributed by atoms with Crippen molar-refractivity contribution in [2.75, 3.05) is 0 Å². The van der Waals surface area contributed by atoms with Crippen LogP contribution in [0.5, 0.6) is 0 Å². The maximum Gasteiger partial charge on any atom is 0.258 e. The van der Waals surface area contributed by atoms with Crippen LogP contribution in [-0.2, 0) is 12.5 Å². The van der Waals surface area contributed by atoms with Gasteiger partial charge in [-0.05, 0) is 36.3 Å². The number of aromatic nitrogens is 2. The van der Waals surface area contributed by atoms with Gasteiger partial charge in [-0.15, -0.1) is 0 Å². The predicted molar refractivity (Wildman–Crippen MR) is 115 cm³/mol. The fourth-order valence-corrected chi connectivity index (χ4v) is 5.39. The van der Waals surface area contributed by atoms with Gasteiger partial charge >= 0.3 is 0 Å². The van der Waals surface area contributed by atoms with Crippen molar-refractivity contribution in [3.05, 3.63) is 90.0 Å². The summed E-state index contributed by atoms with van der Waals surface area (Å²) in [5, 5.41) is 10.6. The predicted octanol–water partition coefficient (Wildman–Crippen LogP) is 2.29. The van der Waals surface area contributed by atoms with E-state index in [4.69, 9.17) is 0 Å². The molecule has 1 aromatic heterocycles. The quantitative estimate of drug-likeness (QED) is 0.383. The first-order valence-electron chi connectivity index (χ1n) is 10.7. The Labute approximate surface area is 197 Å². The summed E-state index contributed by atoms with van der Waals surface area (Å²) in [7, 11) is 2.13. The standard InChI is InChI=1S/C26H30N3.HI/c1-20(2)25-28(3)16-17-29(25)24-15-14-23(18-24)26(19-27,21-10-6-4-7-11-21)22-12-8-5-9-13-22;/h4-13,16-17,20,23-24H,14-15,18H2,1-3H3;1H/q+1;/p-1/t23-,24+;/m1./s1. The molecule has 0 aliphatic heterocycles. The summed E-state index contributed by atoms with van der Waals surface area (Å²) in [5.74, 6) is 2.12. The summed E-state index contributed by atoms with van der Waals surface area (Å²) >= 11 is 0. The van der Waals surface area contributed by atoms with E-state index < -0.39 is 5.41 Å². The molecule has 1 aliphatic rings. The van der Waals surface area contributed by atoms with Crippen molar-refractivity contribution in [3.8, 4) is 6.07 Å². The molecule has 3 aromatic rings. The van der Waals surface area contributed by atoms with Crippen molar-refractivity contribution in [1.82, 2.24) is 4.57 Å². The minimum atomic E-state index is -0.607. The molecule has 156 valence electrons. The van der Waals surface area contributed by atoms with Crippen LogP contribution < -0.4 is 28.5 Å². The second kappa shape index (κ2) is 9.34. The summed E-state index contributed by atoms with van der Waals surface area (Å²) in [6.07, 6.45) is 7.57. The van der Waals surface area contributed by atoms with Gasteiger partial charge in [0.2, 0.25) is 0 Å². The number of nitrogens with zero attached hydrogens (tertiary/aromatic N) is 3. The van der Waals surface area contributed by atoms with E-state index in [0.29, 0.717) is 12.0 Å². The molecule has 0 radical (unpaired) electrons. The minimum Gasteiger partial charge on any atom is -1.00 e. The average molecular weight is 511 g/mol. The summed E-state index contributed by atoms with van der Waals surface area (Å²) in [5.41, 5.74) is 1.62. The average Bonchev–Trinajstić information content (AvgIpc) is 3.38. The van der Waals surface area contributed by atoms with Crippen LogP contribution in [0, 0.1) is 17.2 Å². The monoisotopic (exact) mass is 511 g/mol. The lowest BCUT2D eigenvalue weighted by atomic mass is 9.66. The summed E-state index contributed by atoms with van der Waals surface area (Å²) in [6, 6.07) is 24.0. The number of hydrogen-bond donors (Lipinski definition) is 0. The van der Waals surface area contributed by atoms with Crippen LogP contribution in [0.15, 0.2) is 73.1 Å². The van der Waals surface area contributed by atoms with Crippen LogP contribution in [-0.4, -0.2) is 4.57 Å². The maximum absolute atomic E-state index is 10.6. The van der Waals surface area contributed by atoms with Gasteiger partial charge in [0.1, 0.15) is 23.9 Å². The van der Waals surface area contributed by atoms with Crippen molar-refractivity contribution < 1.29 is 28.5 Å². The molecule has 1 fully saturated rings. The number of hydrogen-bond acceptors (Lipinski definition) is 1. The molecule has 30 heavy (non-hydrogen) atoms. The van der Waals surface area contributed by atoms with Gasteiger partial charge in [-0.2, -0.15) is 5.26 Å². The summed E-state index contributed by atoms with van der Waals surface area (Å²) in [6.45, 7) is 4.51. The van der Waals surface area contributed by atoms with Gasteiger partial charge in [-0.25, -0.2) is 9.13 Å². The van der Waals surface area contributed by atoms with E-state index in [-0.39, 0.29) is 29.9 Å². The largest absolute Gasteiger partial charge is 1.00 e. The lowest BCUT2D eigenvalue weighted by Gasteiger charge is -2.34. The Morgan fingerprint density at radius 2 is 1.57 bits per heavy atom. The van der Waals surface area contributed by atoms with Gasteiger partial charge in [0.15, 0.2) is 0 Å². The molecule has 0 N–H and O–H groups in total. The van der Waals surface area contributed by atoms with Crippen LogP contribution in [0.25, 0.3) is 0 Å². The molecular formula is C26H30IN3. The Morgan fingerprint density at radius 3 is 2.07 bits per heavy atom. The van der Waals surface area contributed by atoms with Crippen molar-refractivity contribution in [1.29, 1.82) is 5.26 Å². The number of halogens is 1. The highest BCUT2D eigenvalue weighted by molar-refractivity contribution is 5.47. The fraction of sp³-hybridized carbons (Fsp3) is 0.385. The molecule has 0 saturated heterocycles. The fourth-order valence-electron chi connectivity index (χ4n) is 5.39. The van der Waals surface area contributed by atoms with E-state index in [9.17, 15) is 5.26 Å². The molecule has 0 bridgehead atoms. The molecule has 3 nitrogen and oxygen atoms in total. The molecule has 1 saturated carbocycles. The third-order valence-corrected chi connectivity index (χ3v) is 6.64. The van der Waals surface area contributed by atoms with Crippen LogP contribution in [0.3, 0.4) is 0 Å². The van der Waals surface area contributed by atoms with Crippen LogP contribution in [0.1, 0.15) is 62.0 Å². The van der Waals surface area contributed by atoms with Gasteiger partial charge in [0, 0.05) is 0 Å². The topological polar surface area (TPSA) is 32.6 Å². The van der Waals surface area contributed by atoms with Crippen LogP contribution >= 0.6 is 0 Å². The number of nitriles is 1.